The minimum Gasteiger partial charge on any atom is -0.598 e. The smallest absolute Gasteiger partial charge is 0.253 e. The molecule has 4 N–H and O–H groups in total. The molecule has 1 saturated heterocycles. The molecule has 1 aromatic carbocycles. The zero-order valence-electron chi connectivity index (χ0n) is 17.6. The molecule has 0 radical (unpaired) electrons. The highest BCUT2D eigenvalue weighted by Crippen LogP contribution is 2.41. The van der Waals surface area contributed by atoms with E-state index in [-0.39, 0.29) is 35.3 Å². The van der Waals surface area contributed by atoms with Gasteiger partial charge in [0.2, 0.25) is 0 Å². The molecule has 0 spiro atoms. The van der Waals surface area contributed by atoms with Crippen molar-refractivity contribution in [2.45, 2.75) is 57.4 Å². The first-order chi connectivity index (χ1) is 13.9. The van der Waals surface area contributed by atoms with Gasteiger partial charge in [-0.3, -0.25) is 4.79 Å². The number of nitrogens with one attached hydrogen (secondary N) is 1. The normalized spacial score (nSPS) is 18.9. The molecule has 0 aliphatic carbocycles. The Balaban J connectivity index is 2.33. The average Bonchev–Trinajstić information content (AvgIpc) is 2.69. The highest BCUT2D eigenvalue weighted by Gasteiger charge is 2.39. The Kier molecular flexibility index (Phi) is 8.40. The molecule has 1 fully saturated rings. The molecule has 1 aromatic rings. The monoisotopic (exact) mass is 464 g/mol. The lowest BCUT2D eigenvalue weighted by atomic mass is 9.85. The molecule has 30 heavy (non-hydrogen) atoms. The molecule has 1 aliphatic rings. The fraction of sp³-hybridized carbons (Fsp3) is 0.650. The average molecular weight is 465 g/mol. The summed E-state index contributed by atoms with van der Waals surface area (Å²) in [6.07, 6.45) is -0.623. The van der Waals surface area contributed by atoms with Crippen molar-refractivity contribution in [2.75, 3.05) is 19.7 Å². The number of likely N-dealkylation sites (tertiary alicyclic amines) is 1. The van der Waals surface area contributed by atoms with Gasteiger partial charge in [0.1, 0.15) is 10.5 Å². The molecule has 0 saturated carbocycles. The summed E-state index contributed by atoms with van der Waals surface area (Å²) < 4.78 is 30.2. The molecule has 7 nitrogen and oxygen atoms in total. The zero-order chi connectivity index (χ0) is 22.8. The fourth-order valence-corrected chi connectivity index (χ4v) is 4.52. The van der Waals surface area contributed by atoms with Gasteiger partial charge in [0.25, 0.3) is 5.91 Å². The van der Waals surface area contributed by atoms with Gasteiger partial charge in [0.15, 0.2) is 11.9 Å². The standard InChI is InChI=1S/C20H30ClFN2O5S/c1-11-9-13(26)15(17(22)16(11)21)18(23-30(29)20(2,3)4)12-5-7-24(8-6-12)19(28)14(27)10-25/h9,12,14,18,23,25-27H,5-8,10H2,1-4H3/t14?,18?,30-/m0/s1. The second-order valence-corrected chi connectivity index (χ2v) is 11.0. The summed E-state index contributed by atoms with van der Waals surface area (Å²) in [5, 5.41) is 29.0. The summed E-state index contributed by atoms with van der Waals surface area (Å²) in [7, 11) is 0. The quantitative estimate of drug-likeness (QED) is 0.479. The van der Waals surface area contributed by atoms with Crippen molar-refractivity contribution in [1.29, 1.82) is 0 Å². The van der Waals surface area contributed by atoms with E-state index in [0.29, 0.717) is 18.4 Å². The highest BCUT2D eigenvalue weighted by atomic mass is 35.5. The number of carbonyl (C=O) groups is 1. The van der Waals surface area contributed by atoms with E-state index in [0.717, 1.165) is 0 Å². The number of aliphatic hydroxyl groups is 2. The number of nitrogens with zero attached hydrogens (tertiary/aromatic N) is 1. The summed E-state index contributed by atoms with van der Waals surface area (Å²) in [4.78, 5) is 13.5. The molecule has 2 unspecified atom stereocenters. The van der Waals surface area contributed by atoms with E-state index in [9.17, 15) is 19.6 Å². The van der Waals surface area contributed by atoms with Crippen molar-refractivity contribution >= 4 is 28.9 Å². The van der Waals surface area contributed by atoms with Crippen LogP contribution in [-0.4, -0.2) is 61.2 Å². The van der Waals surface area contributed by atoms with Gasteiger partial charge < -0.3 is 24.8 Å². The van der Waals surface area contributed by atoms with Crippen LogP contribution in [0.3, 0.4) is 0 Å². The van der Waals surface area contributed by atoms with E-state index in [1.807, 2.05) is 0 Å². The Bertz CT molecular complexity index is 769. The zero-order valence-corrected chi connectivity index (χ0v) is 19.2. The van der Waals surface area contributed by atoms with Crippen molar-refractivity contribution < 1.29 is 29.1 Å². The van der Waals surface area contributed by atoms with E-state index in [4.69, 9.17) is 16.7 Å². The lowest BCUT2D eigenvalue weighted by molar-refractivity contribution is -0.143. The van der Waals surface area contributed by atoms with Crippen molar-refractivity contribution in [2.24, 2.45) is 5.92 Å². The predicted octanol–water partition coefficient (Wildman–Crippen LogP) is 2.18. The van der Waals surface area contributed by atoms with Crippen LogP contribution < -0.4 is 4.72 Å². The lowest BCUT2D eigenvalue weighted by Gasteiger charge is -2.38. The molecule has 2 rings (SSSR count). The van der Waals surface area contributed by atoms with Crippen LogP contribution in [0.4, 0.5) is 4.39 Å². The van der Waals surface area contributed by atoms with Gasteiger partial charge in [-0.15, -0.1) is 4.72 Å². The topological polar surface area (TPSA) is 116 Å². The molecular formula is C20H30ClFN2O5S. The molecule has 0 bridgehead atoms. The van der Waals surface area contributed by atoms with Crippen LogP contribution in [0.25, 0.3) is 0 Å². The predicted molar refractivity (Wildman–Crippen MR) is 114 cm³/mol. The van der Waals surface area contributed by atoms with E-state index in [1.54, 1.807) is 27.7 Å². The maximum Gasteiger partial charge on any atom is 0.253 e. The van der Waals surface area contributed by atoms with Gasteiger partial charge in [-0.25, -0.2) is 4.39 Å². The summed E-state index contributed by atoms with van der Waals surface area (Å²) in [5.74, 6) is -1.84. The summed E-state index contributed by atoms with van der Waals surface area (Å²) in [6, 6.07) is 0.592. The number of piperidine rings is 1. The number of carbonyl (C=O) groups excluding carboxylic acids is 1. The number of benzene rings is 1. The maximum atomic E-state index is 15.1. The summed E-state index contributed by atoms with van der Waals surface area (Å²) >= 11 is 4.54. The van der Waals surface area contributed by atoms with Gasteiger partial charge >= 0.3 is 0 Å². The summed E-state index contributed by atoms with van der Waals surface area (Å²) in [6.45, 7) is 6.83. The fourth-order valence-electron chi connectivity index (χ4n) is 3.47. The van der Waals surface area contributed by atoms with E-state index in [1.165, 1.54) is 11.0 Å². The molecule has 170 valence electrons. The largest absolute Gasteiger partial charge is 0.598 e. The molecule has 3 atom stereocenters. The molecular weight excluding hydrogens is 435 g/mol. The first-order valence-electron chi connectivity index (χ1n) is 9.81. The van der Waals surface area contributed by atoms with Gasteiger partial charge in [-0.05, 0) is 58.1 Å². The van der Waals surface area contributed by atoms with Crippen LogP contribution in [0.15, 0.2) is 6.07 Å². The van der Waals surface area contributed by atoms with Crippen LogP contribution in [0.5, 0.6) is 5.75 Å². The van der Waals surface area contributed by atoms with Crippen molar-refractivity contribution in [3.63, 3.8) is 0 Å². The first kappa shape index (κ1) is 25.2. The van der Waals surface area contributed by atoms with Gasteiger partial charge in [-0.1, -0.05) is 11.6 Å². The number of phenolic OH excluding ortho intramolecular Hbond substituents is 1. The van der Waals surface area contributed by atoms with Crippen molar-refractivity contribution in [1.82, 2.24) is 9.62 Å². The number of aryl methyl sites for hydroxylation is 1. The number of hydrogen-bond acceptors (Lipinski definition) is 6. The third-order valence-corrected chi connectivity index (χ3v) is 7.33. The first-order valence-corrected chi connectivity index (χ1v) is 11.3. The number of halogens is 2. The Labute approximate surface area is 184 Å². The molecule has 0 aromatic heterocycles. The number of hydrogen-bond donors (Lipinski definition) is 4. The molecule has 1 aliphatic heterocycles. The Morgan fingerprint density at radius 1 is 1.43 bits per heavy atom. The maximum absolute atomic E-state index is 15.1. The van der Waals surface area contributed by atoms with Crippen LogP contribution in [0.2, 0.25) is 5.02 Å². The minimum absolute atomic E-state index is 0.0385. The Morgan fingerprint density at radius 2 is 2.00 bits per heavy atom. The molecule has 1 amide bonds. The van der Waals surface area contributed by atoms with Crippen molar-refractivity contribution in [3.8, 4) is 5.75 Å². The number of rotatable bonds is 6. The third-order valence-electron chi connectivity index (χ3n) is 5.29. The number of amides is 1. The second kappa shape index (κ2) is 10.0. The SMILES string of the molecule is Cc1cc(O)c(C(N[S@@+]([O-])C(C)(C)C)C2CCN(C(=O)C(O)CO)CC2)c(F)c1Cl. The van der Waals surface area contributed by atoms with Crippen LogP contribution in [-0.2, 0) is 16.2 Å². The number of aromatic hydroxyl groups is 1. The van der Waals surface area contributed by atoms with Crippen LogP contribution in [0.1, 0.15) is 50.8 Å². The van der Waals surface area contributed by atoms with Gasteiger partial charge in [0.05, 0.1) is 23.2 Å². The molecule has 1 heterocycles. The van der Waals surface area contributed by atoms with Gasteiger partial charge in [0, 0.05) is 24.5 Å². The van der Waals surface area contributed by atoms with Gasteiger partial charge in [-0.2, -0.15) is 0 Å². The van der Waals surface area contributed by atoms with Crippen LogP contribution in [0, 0.1) is 18.7 Å². The van der Waals surface area contributed by atoms with Crippen molar-refractivity contribution in [3.05, 3.63) is 28.0 Å². The highest BCUT2D eigenvalue weighted by molar-refractivity contribution is 7.90. The Hall–Kier alpha value is -1.10. The van der Waals surface area contributed by atoms with E-state index < -0.39 is 46.6 Å². The molecule has 10 heteroatoms. The second-order valence-electron chi connectivity index (χ2n) is 8.59. The Morgan fingerprint density at radius 3 is 2.50 bits per heavy atom. The number of phenols is 1. The van der Waals surface area contributed by atoms with E-state index >= 15 is 4.39 Å². The number of aliphatic hydroxyl groups excluding tert-OH is 2. The lowest BCUT2D eigenvalue weighted by Crippen LogP contribution is -2.48. The third kappa shape index (κ3) is 5.57. The van der Waals surface area contributed by atoms with E-state index in [2.05, 4.69) is 4.72 Å². The van der Waals surface area contributed by atoms with Crippen LogP contribution >= 0.6 is 11.6 Å². The summed E-state index contributed by atoms with van der Waals surface area (Å²) in [5.41, 5.74) is 0.355. The minimum atomic E-state index is -1.55.